The lowest BCUT2D eigenvalue weighted by Gasteiger charge is -2.13. The van der Waals surface area contributed by atoms with Crippen LogP contribution in [-0.4, -0.2) is 31.1 Å². The van der Waals surface area contributed by atoms with Gasteiger partial charge in [0.15, 0.2) is 0 Å². The molecule has 0 radical (unpaired) electrons. The van der Waals surface area contributed by atoms with Crippen LogP contribution >= 0.6 is 11.8 Å². The van der Waals surface area contributed by atoms with E-state index in [1.165, 1.54) is 6.07 Å². The number of aliphatic hydroxyl groups excluding tert-OH is 1. The van der Waals surface area contributed by atoms with Crippen molar-refractivity contribution < 1.29 is 13.5 Å². The third kappa shape index (κ3) is 3.06. The van der Waals surface area contributed by atoms with E-state index >= 15 is 0 Å². The zero-order valence-corrected chi connectivity index (χ0v) is 11.9. The summed E-state index contributed by atoms with van der Waals surface area (Å²) in [4.78, 5) is 0.214. The average Bonchev–Trinajstić information content (AvgIpc) is 3.17. The second kappa shape index (κ2) is 5.21. The SMILES string of the molecule is CSC1(CNS(=O)(=O)c2cccc(CO)c2)CC1. The summed E-state index contributed by atoms with van der Waals surface area (Å²) in [6.45, 7) is 0.317. The summed E-state index contributed by atoms with van der Waals surface area (Å²) in [5.74, 6) is 0. The lowest BCUT2D eigenvalue weighted by Crippen LogP contribution is -2.31. The first kappa shape index (κ1) is 13.9. The van der Waals surface area contributed by atoms with Crippen LogP contribution in [0.15, 0.2) is 29.2 Å². The Labute approximate surface area is 112 Å². The van der Waals surface area contributed by atoms with Crippen LogP contribution < -0.4 is 4.72 Å². The molecule has 100 valence electrons. The van der Waals surface area contributed by atoms with Gasteiger partial charge in [0.05, 0.1) is 11.5 Å². The number of hydrogen-bond acceptors (Lipinski definition) is 4. The van der Waals surface area contributed by atoms with Crippen LogP contribution in [0.3, 0.4) is 0 Å². The van der Waals surface area contributed by atoms with Crippen molar-refractivity contribution in [1.82, 2.24) is 4.72 Å². The molecule has 0 aliphatic heterocycles. The highest BCUT2D eigenvalue weighted by Crippen LogP contribution is 2.46. The Balaban J connectivity index is 2.10. The fourth-order valence-electron chi connectivity index (χ4n) is 1.71. The van der Waals surface area contributed by atoms with E-state index in [0.717, 1.165) is 12.8 Å². The molecule has 0 amide bonds. The Morgan fingerprint density at radius 3 is 2.72 bits per heavy atom. The molecule has 1 aliphatic carbocycles. The maximum absolute atomic E-state index is 12.1. The molecule has 1 aromatic carbocycles. The molecule has 6 heteroatoms. The minimum absolute atomic E-state index is 0.0989. The van der Waals surface area contributed by atoms with Gasteiger partial charge in [-0.3, -0.25) is 0 Å². The highest BCUT2D eigenvalue weighted by molar-refractivity contribution is 8.00. The smallest absolute Gasteiger partial charge is 0.240 e. The Morgan fingerprint density at radius 2 is 2.17 bits per heavy atom. The van der Waals surface area contributed by atoms with Crippen molar-refractivity contribution >= 4 is 21.8 Å². The first-order chi connectivity index (χ1) is 8.51. The molecule has 1 aliphatic rings. The second-order valence-electron chi connectivity index (χ2n) is 4.52. The summed E-state index contributed by atoms with van der Waals surface area (Å²) in [5.41, 5.74) is 0.601. The zero-order chi connectivity index (χ0) is 13.2. The first-order valence-corrected chi connectivity index (χ1v) is 8.47. The molecule has 1 saturated carbocycles. The van der Waals surface area contributed by atoms with Crippen LogP contribution in [0.1, 0.15) is 18.4 Å². The van der Waals surface area contributed by atoms with E-state index in [2.05, 4.69) is 4.72 Å². The van der Waals surface area contributed by atoms with E-state index in [0.29, 0.717) is 12.1 Å². The van der Waals surface area contributed by atoms with Crippen LogP contribution in [0.5, 0.6) is 0 Å². The molecule has 2 N–H and O–H groups in total. The van der Waals surface area contributed by atoms with E-state index in [9.17, 15) is 8.42 Å². The quantitative estimate of drug-likeness (QED) is 0.829. The number of nitrogens with one attached hydrogen (secondary N) is 1. The zero-order valence-electron chi connectivity index (χ0n) is 10.2. The summed E-state index contributed by atoms with van der Waals surface area (Å²) < 4.78 is 26.9. The molecule has 4 nitrogen and oxygen atoms in total. The van der Waals surface area contributed by atoms with Crippen molar-refractivity contribution in [2.75, 3.05) is 12.8 Å². The van der Waals surface area contributed by atoms with Gasteiger partial charge in [-0.05, 0) is 36.8 Å². The molecule has 0 heterocycles. The molecule has 0 atom stereocenters. The Morgan fingerprint density at radius 1 is 1.44 bits per heavy atom. The van der Waals surface area contributed by atoms with Crippen molar-refractivity contribution in [3.63, 3.8) is 0 Å². The van der Waals surface area contributed by atoms with Gasteiger partial charge in [-0.2, -0.15) is 11.8 Å². The Bertz CT molecular complexity index is 524. The van der Waals surface area contributed by atoms with Crippen LogP contribution in [-0.2, 0) is 16.6 Å². The fourth-order valence-corrected chi connectivity index (χ4v) is 3.73. The third-order valence-corrected chi connectivity index (χ3v) is 6.03. The standard InChI is InChI=1S/C12H17NO3S2/c1-17-12(5-6-12)9-13-18(15,16)11-4-2-3-10(7-11)8-14/h2-4,7,13-14H,5-6,8-9H2,1H3. The van der Waals surface area contributed by atoms with E-state index in [-0.39, 0.29) is 16.2 Å². The molecule has 0 saturated heterocycles. The average molecular weight is 287 g/mol. The Kier molecular flexibility index (Phi) is 4.01. The summed E-state index contributed by atoms with van der Waals surface area (Å²) in [6.07, 6.45) is 4.13. The number of hydrogen-bond donors (Lipinski definition) is 2. The molecule has 1 fully saturated rings. The van der Waals surface area contributed by atoms with E-state index in [1.807, 2.05) is 6.26 Å². The highest BCUT2D eigenvalue weighted by atomic mass is 32.2. The van der Waals surface area contributed by atoms with E-state index < -0.39 is 10.0 Å². The minimum Gasteiger partial charge on any atom is -0.392 e. The van der Waals surface area contributed by atoms with E-state index in [4.69, 9.17) is 5.11 Å². The van der Waals surface area contributed by atoms with Gasteiger partial charge in [0.25, 0.3) is 0 Å². The maximum Gasteiger partial charge on any atom is 0.240 e. The van der Waals surface area contributed by atoms with Gasteiger partial charge >= 0.3 is 0 Å². The van der Waals surface area contributed by atoms with Gasteiger partial charge in [-0.15, -0.1) is 0 Å². The van der Waals surface area contributed by atoms with Crippen molar-refractivity contribution in [3.05, 3.63) is 29.8 Å². The molecule has 0 aromatic heterocycles. The van der Waals surface area contributed by atoms with Crippen molar-refractivity contribution in [1.29, 1.82) is 0 Å². The fraction of sp³-hybridized carbons (Fsp3) is 0.500. The number of rotatable bonds is 6. The summed E-state index contributed by atoms with van der Waals surface area (Å²) in [7, 11) is -3.47. The summed E-state index contributed by atoms with van der Waals surface area (Å²) in [5, 5.41) is 9.02. The first-order valence-electron chi connectivity index (χ1n) is 5.76. The topological polar surface area (TPSA) is 66.4 Å². The molecule has 2 rings (SSSR count). The lowest BCUT2D eigenvalue weighted by atomic mass is 10.2. The van der Waals surface area contributed by atoms with Gasteiger partial charge in [0.1, 0.15) is 0 Å². The summed E-state index contributed by atoms with van der Waals surface area (Å²) >= 11 is 1.71. The molecular weight excluding hydrogens is 270 g/mol. The minimum atomic E-state index is -3.47. The van der Waals surface area contributed by atoms with Crippen LogP contribution in [0, 0.1) is 0 Å². The van der Waals surface area contributed by atoms with Crippen molar-refractivity contribution in [2.45, 2.75) is 29.1 Å². The van der Waals surface area contributed by atoms with E-state index in [1.54, 1.807) is 30.0 Å². The number of aliphatic hydroxyl groups is 1. The van der Waals surface area contributed by atoms with Gasteiger partial charge in [-0.1, -0.05) is 12.1 Å². The van der Waals surface area contributed by atoms with Gasteiger partial charge in [0, 0.05) is 11.3 Å². The molecule has 0 unspecified atom stereocenters. The van der Waals surface area contributed by atoms with Gasteiger partial charge in [0.2, 0.25) is 10.0 Å². The molecule has 0 bridgehead atoms. The molecule has 18 heavy (non-hydrogen) atoms. The number of sulfonamides is 1. The van der Waals surface area contributed by atoms with Gasteiger partial charge < -0.3 is 5.11 Å². The highest BCUT2D eigenvalue weighted by Gasteiger charge is 2.42. The largest absolute Gasteiger partial charge is 0.392 e. The monoisotopic (exact) mass is 287 g/mol. The Hall–Kier alpha value is -0.560. The van der Waals surface area contributed by atoms with Crippen molar-refractivity contribution in [3.8, 4) is 0 Å². The van der Waals surface area contributed by atoms with Crippen LogP contribution in [0.4, 0.5) is 0 Å². The summed E-state index contributed by atoms with van der Waals surface area (Å²) in [6, 6.07) is 6.38. The maximum atomic E-state index is 12.1. The lowest BCUT2D eigenvalue weighted by molar-refractivity contribution is 0.281. The predicted octanol–water partition coefficient (Wildman–Crippen LogP) is 1.35. The van der Waals surface area contributed by atoms with Crippen LogP contribution in [0.25, 0.3) is 0 Å². The normalized spacial score (nSPS) is 17.7. The van der Waals surface area contributed by atoms with Crippen LogP contribution in [0.2, 0.25) is 0 Å². The molecule has 0 spiro atoms. The molecule has 1 aromatic rings. The number of benzene rings is 1. The van der Waals surface area contributed by atoms with Crippen molar-refractivity contribution in [2.24, 2.45) is 0 Å². The third-order valence-electron chi connectivity index (χ3n) is 3.22. The molecular formula is C12H17NO3S2. The predicted molar refractivity (Wildman–Crippen MR) is 73.0 cm³/mol. The second-order valence-corrected chi connectivity index (χ2v) is 7.56. The number of thioether (sulfide) groups is 1. The van der Waals surface area contributed by atoms with Gasteiger partial charge in [-0.25, -0.2) is 13.1 Å².